The molecule has 6 nitrogen and oxygen atoms in total. The van der Waals surface area contributed by atoms with Crippen molar-refractivity contribution >= 4 is 11.8 Å². The van der Waals surface area contributed by atoms with Gasteiger partial charge in [0.1, 0.15) is 6.61 Å². The number of pyridine rings is 1. The summed E-state index contributed by atoms with van der Waals surface area (Å²) >= 11 is 0. The number of nitrogens with one attached hydrogen (secondary N) is 1. The predicted octanol–water partition coefficient (Wildman–Crippen LogP) is -0.409. The van der Waals surface area contributed by atoms with E-state index >= 15 is 0 Å². The van der Waals surface area contributed by atoms with Crippen LogP contribution in [0.3, 0.4) is 0 Å². The largest absolute Gasteiger partial charge is 0.370 e. The van der Waals surface area contributed by atoms with Gasteiger partial charge < -0.3 is 15.8 Å². The standard InChI is InChI=1S/C10H11F2N3O3/c11-8-6(1-2-14-9(8)12)10(17)15-3-4-18-5-7(13)16/h1-2H,3-5H2,(H2,13,16)(H,15,17). The molecule has 0 saturated carbocycles. The molecule has 1 aromatic rings. The first-order valence-electron chi connectivity index (χ1n) is 4.96. The highest BCUT2D eigenvalue weighted by atomic mass is 19.2. The molecule has 98 valence electrons. The van der Waals surface area contributed by atoms with Crippen LogP contribution in [0, 0.1) is 11.8 Å². The van der Waals surface area contributed by atoms with Gasteiger partial charge in [0.2, 0.25) is 11.9 Å². The fourth-order valence-electron chi connectivity index (χ4n) is 1.10. The van der Waals surface area contributed by atoms with Crippen molar-refractivity contribution in [3.05, 3.63) is 29.6 Å². The quantitative estimate of drug-likeness (QED) is 0.536. The van der Waals surface area contributed by atoms with Crippen LogP contribution in [0.4, 0.5) is 8.78 Å². The minimum atomic E-state index is -1.34. The number of amides is 2. The maximum atomic E-state index is 13.1. The van der Waals surface area contributed by atoms with E-state index in [-0.39, 0.29) is 19.8 Å². The lowest BCUT2D eigenvalue weighted by Crippen LogP contribution is -2.29. The van der Waals surface area contributed by atoms with Crippen molar-refractivity contribution in [3.63, 3.8) is 0 Å². The number of rotatable bonds is 6. The third kappa shape index (κ3) is 4.06. The number of hydrogen-bond donors (Lipinski definition) is 2. The van der Waals surface area contributed by atoms with Crippen molar-refractivity contribution in [3.8, 4) is 0 Å². The lowest BCUT2D eigenvalue weighted by molar-refractivity contribution is -0.122. The van der Waals surface area contributed by atoms with Crippen LogP contribution >= 0.6 is 0 Å². The second-order valence-corrected chi connectivity index (χ2v) is 3.24. The second kappa shape index (κ2) is 6.60. The summed E-state index contributed by atoms with van der Waals surface area (Å²) in [6.45, 7) is -0.201. The fraction of sp³-hybridized carbons (Fsp3) is 0.300. The summed E-state index contributed by atoms with van der Waals surface area (Å²) in [7, 11) is 0. The average molecular weight is 259 g/mol. The van der Waals surface area contributed by atoms with Gasteiger partial charge in [-0.3, -0.25) is 9.59 Å². The Bertz CT molecular complexity index is 454. The number of carbonyl (C=O) groups excluding carboxylic acids is 2. The smallest absolute Gasteiger partial charge is 0.254 e. The molecular weight excluding hydrogens is 248 g/mol. The summed E-state index contributed by atoms with van der Waals surface area (Å²) in [5.41, 5.74) is 4.37. The van der Waals surface area contributed by atoms with Crippen LogP contribution in [0.2, 0.25) is 0 Å². The SMILES string of the molecule is NC(=O)COCCNC(=O)c1ccnc(F)c1F. The number of carbonyl (C=O) groups is 2. The Hall–Kier alpha value is -2.09. The van der Waals surface area contributed by atoms with Crippen LogP contribution in [0.15, 0.2) is 12.3 Å². The average Bonchev–Trinajstić information content (AvgIpc) is 2.31. The molecule has 18 heavy (non-hydrogen) atoms. The molecule has 1 rings (SSSR count). The molecule has 0 aliphatic heterocycles. The van der Waals surface area contributed by atoms with E-state index < -0.39 is 29.1 Å². The lowest BCUT2D eigenvalue weighted by Gasteiger charge is -2.06. The number of halogens is 2. The Labute approximate surface area is 101 Å². The molecule has 0 bridgehead atoms. The summed E-state index contributed by atoms with van der Waals surface area (Å²) in [5, 5.41) is 2.29. The maximum absolute atomic E-state index is 13.1. The zero-order chi connectivity index (χ0) is 13.5. The summed E-state index contributed by atoms with van der Waals surface area (Å²) in [4.78, 5) is 24.8. The topological polar surface area (TPSA) is 94.3 Å². The molecule has 0 radical (unpaired) electrons. The Balaban J connectivity index is 2.41. The Kier molecular flexibility index (Phi) is 5.12. The number of ether oxygens (including phenoxy) is 1. The summed E-state index contributed by atoms with van der Waals surface area (Å²) in [6.07, 6.45) is 0.983. The highest BCUT2D eigenvalue weighted by Crippen LogP contribution is 2.08. The zero-order valence-electron chi connectivity index (χ0n) is 9.28. The summed E-state index contributed by atoms with van der Waals surface area (Å²) in [6, 6.07) is 1.05. The summed E-state index contributed by atoms with van der Waals surface area (Å²) < 4.78 is 30.6. The van der Waals surface area contributed by atoms with Gasteiger partial charge >= 0.3 is 0 Å². The first kappa shape index (κ1) is 14.0. The molecule has 8 heteroatoms. The number of aromatic nitrogens is 1. The lowest BCUT2D eigenvalue weighted by atomic mass is 10.2. The van der Waals surface area contributed by atoms with Crippen LogP contribution in [0.1, 0.15) is 10.4 Å². The highest BCUT2D eigenvalue weighted by molar-refractivity contribution is 5.94. The van der Waals surface area contributed by atoms with E-state index in [0.717, 1.165) is 12.3 Å². The van der Waals surface area contributed by atoms with E-state index in [9.17, 15) is 18.4 Å². The molecule has 0 aliphatic rings. The van der Waals surface area contributed by atoms with Crippen molar-refractivity contribution in [1.82, 2.24) is 10.3 Å². The van der Waals surface area contributed by atoms with Crippen LogP contribution in [-0.4, -0.2) is 36.6 Å². The van der Waals surface area contributed by atoms with Gasteiger partial charge in [-0.15, -0.1) is 0 Å². The number of nitrogens with zero attached hydrogens (tertiary/aromatic N) is 1. The first-order chi connectivity index (χ1) is 8.52. The van der Waals surface area contributed by atoms with Crippen molar-refractivity contribution < 1.29 is 23.1 Å². The van der Waals surface area contributed by atoms with Gasteiger partial charge in [0.05, 0.1) is 12.2 Å². The molecule has 0 atom stereocenters. The Morgan fingerprint density at radius 3 is 2.83 bits per heavy atom. The predicted molar refractivity (Wildman–Crippen MR) is 56.5 cm³/mol. The number of nitrogens with two attached hydrogens (primary N) is 1. The van der Waals surface area contributed by atoms with Gasteiger partial charge in [-0.25, -0.2) is 9.37 Å². The number of hydrogen-bond acceptors (Lipinski definition) is 4. The van der Waals surface area contributed by atoms with Crippen molar-refractivity contribution in [1.29, 1.82) is 0 Å². The van der Waals surface area contributed by atoms with Gasteiger partial charge in [-0.05, 0) is 6.07 Å². The van der Waals surface area contributed by atoms with E-state index in [1.807, 2.05) is 0 Å². The molecule has 0 saturated heterocycles. The molecule has 1 heterocycles. The zero-order valence-corrected chi connectivity index (χ0v) is 9.28. The van der Waals surface area contributed by atoms with E-state index in [1.54, 1.807) is 0 Å². The monoisotopic (exact) mass is 259 g/mol. The molecule has 1 aromatic heterocycles. The third-order valence-electron chi connectivity index (χ3n) is 1.87. The first-order valence-corrected chi connectivity index (χ1v) is 4.96. The van der Waals surface area contributed by atoms with Gasteiger partial charge in [0.15, 0.2) is 5.82 Å². The second-order valence-electron chi connectivity index (χ2n) is 3.24. The maximum Gasteiger partial charge on any atom is 0.254 e. The number of primary amides is 1. The van der Waals surface area contributed by atoms with Crippen molar-refractivity contribution in [2.45, 2.75) is 0 Å². The van der Waals surface area contributed by atoms with E-state index in [2.05, 4.69) is 10.3 Å². The molecule has 0 aliphatic carbocycles. The van der Waals surface area contributed by atoms with Crippen LogP contribution < -0.4 is 11.1 Å². The summed E-state index contributed by atoms with van der Waals surface area (Å²) in [5.74, 6) is -4.08. The Morgan fingerprint density at radius 2 is 2.17 bits per heavy atom. The molecule has 0 spiro atoms. The molecule has 0 fully saturated rings. The minimum absolute atomic E-state index is 0.0316. The van der Waals surface area contributed by atoms with Crippen molar-refractivity contribution in [2.24, 2.45) is 5.73 Å². The Morgan fingerprint density at radius 1 is 1.44 bits per heavy atom. The third-order valence-corrected chi connectivity index (χ3v) is 1.87. The minimum Gasteiger partial charge on any atom is -0.370 e. The van der Waals surface area contributed by atoms with Gasteiger partial charge in [-0.1, -0.05) is 0 Å². The molecule has 2 amide bonds. The molecule has 3 N–H and O–H groups in total. The normalized spacial score (nSPS) is 10.1. The molecular formula is C10H11F2N3O3. The van der Waals surface area contributed by atoms with Crippen LogP contribution in [0.25, 0.3) is 0 Å². The van der Waals surface area contributed by atoms with Crippen LogP contribution in [0.5, 0.6) is 0 Å². The fourth-order valence-corrected chi connectivity index (χ4v) is 1.10. The van der Waals surface area contributed by atoms with E-state index in [1.165, 1.54) is 0 Å². The highest BCUT2D eigenvalue weighted by Gasteiger charge is 2.15. The van der Waals surface area contributed by atoms with Gasteiger partial charge in [0, 0.05) is 12.7 Å². The van der Waals surface area contributed by atoms with Gasteiger partial charge in [0.25, 0.3) is 5.91 Å². The van der Waals surface area contributed by atoms with E-state index in [0.29, 0.717) is 0 Å². The van der Waals surface area contributed by atoms with E-state index in [4.69, 9.17) is 10.5 Å². The van der Waals surface area contributed by atoms with Crippen molar-refractivity contribution in [2.75, 3.05) is 19.8 Å². The van der Waals surface area contributed by atoms with Gasteiger partial charge in [-0.2, -0.15) is 4.39 Å². The molecule has 0 unspecified atom stereocenters. The van der Waals surface area contributed by atoms with Crippen LogP contribution in [-0.2, 0) is 9.53 Å². The molecule has 0 aromatic carbocycles.